The molecule has 1 heterocycles. The molecule has 0 amide bonds. The fourth-order valence-electron chi connectivity index (χ4n) is 1.59. The van der Waals surface area contributed by atoms with E-state index in [2.05, 4.69) is 16.8 Å². The van der Waals surface area contributed by atoms with Crippen molar-refractivity contribution in [2.45, 2.75) is 6.42 Å². The van der Waals surface area contributed by atoms with Crippen LogP contribution in [0, 0.1) is 0 Å². The first-order valence-electron chi connectivity index (χ1n) is 4.99. The lowest BCUT2D eigenvalue weighted by Gasteiger charge is -2.17. The Kier molecular flexibility index (Phi) is 4.62. The highest BCUT2D eigenvalue weighted by molar-refractivity contribution is 5.79. The summed E-state index contributed by atoms with van der Waals surface area (Å²) >= 11 is 0. The van der Waals surface area contributed by atoms with Crippen molar-refractivity contribution in [1.29, 1.82) is 0 Å². The van der Waals surface area contributed by atoms with Gasteiger partial charge >= 0.3 is 5.97 Å². The number of rotatable bonds is 3. The number of carboxylic acid groups (broad SMARTS) is 1. The minimum absolute atomic E-state index is 0.750. The van der Waals surface area contributed by atoms with E-state index in [1.807, 2.05) is 0 Å². The second-order valence-electron chi connectivity index (χ2n) is 3.70. The molecule has 0 aromatic carbocycles. The van der Waals surface area contributed by atoms with E-state index < -0.39 is 5.97 Å². The van der Waals surface area contributed by atoms with E-state index in [0.717, 1.165) is 39.1 Å². The standard InChI is InChI=1S/C10H18N2O2/c1-11-5-3-7-12(9-8-11)6-2-4-10(13)14/h2,4H,3,5-9H2,1H3,(H,13,14)/b4-2+. The number of nitrogens with zero attached hydrogens (tertiary/aromatic N) is 2. The third-order valence-corrected chi connectivity index (χ3v) is 2.44. The largest absolute Gasteiger partial charge is 0.478 e. The van der Waals surface area contributed by atoms with Gasteiger partial charge in [-0.25, -0.2) is 4.79 Å². The van der Waals surface area contributed by atoms with E-state index >= 15 is 0 Å². The predicted molar refractivity (Wildman–Crippen MR) is 55.3 cm³/mol. The minimum atomic E-state index is -0.864. The molecule has 1 fully saturated rings. The average Bonchev–Trinajstić information content (AvgIpc) is 2.30. The summed E-state index contributed by atoms with van der Waals surface area (Å²) in [5, 5.41) is 8.43. The maximum atomic E-state index is 10.2. The van der Waals surface area contributed by atoms with E-state index in [1.165, 1.54) is 6.08 Å². The van der Waals surface area contributed by atoms with Crippen molar-refractivity contribution in [3.63, 3.8) is 0 Å². The van der Waals surface area contributed by atoms with Gasteiger partial charge < -0.3 is 10.0 Å². The maximum absolute atomic E-state index is 10.2. The minimum Gasteiger partial charge on any atom is -0.478 e. The second-order valence-corrected chi connectivity index (χ2v) is 3.70. The molecule has 0 unspecified atom stereocenters. The Bertz CT molecular complexity index is 216. The Morgan fingerprint density at radius 1 is 1.36 bits per heavy atom. The van der Waals surface area contributed by atoms with E-state index in [4.69, 9.17) is 5.11 Å². The molecule has 0 bridgehead atoms. The third-order valence-electron chi connectivity index (χ3n) is 2.44. The van der Waals surface area contributed by atoms with Gasteiger partial charge in [0.2, 0.25) is 0 Å². The number of hydrogen-bond acceptors (Lipinski definition) is 3. The van der Waals surface area contributed by atoms with Gasteiger partial charge in [0.25, 0.3) is 0 Å². The maximum Gasteiger partial charge on any atom is 0.328 e. The summed E-state index contributed by atoms with van der Waals surface area (Å²) in [5.41, 5.74) is 0. The molecule has 1 N–H and O–H groups in total. The molecule has 0 aromatic rings. The summed E-state index contributed by atoms with van der Waals surface area (Å²) in [6.07, 6.45) is 4.10. The highest BCUT2D eigenvalue weighted by atomic mass is 16.4. The first-order chi connectivity index (χ1) is 6.68. The summed E-state index contributed by atoms with van der Waals surface area (Å²) in [4.78, 5) is 14.8. The normalized spacial score (nSPS) is 21.2. The lowest BCUT2D eigenvalue weighted by Crippen LogP contribution is -2.29. The van der Waals surface area contributed by atoms with Crippen molar-refractivity contribution < 1.29 is 9.90 Å². The first-order valence-corrected chi connectivity index (χ1v) is 4.99. The molecular formula is C10H18N2O2. The molecule has 0 spiro atoms. The highest BCUT2D eigenvalue weighted by Crippen LogP contribution is 2.00. The van der Waals surface area contributed by atoms with Gasteiger partial charge in [0.05, 0.1) is 0 Å². The van der Waals surface area contributed by atoms with Crippen LogP contribution >= 0.6 is 0 Å². The Labute approximate surface area is 84.8 Å². The van der Waals surface area contributed by atoms with Crippen LogP contribution in [0.1, 0.15) is 6.42 Å². The van der Waals surface area contributed by atoms with Gasteiger partial charge in [0, 0.05) is 25.7 Å². The topological polar surface area (TPSA) is 43.8 Å². The number of hydrogen-bond donors (Lipinski definition) is 1. The molecule has 0 aliphatic carbocycles. The van der Waals surface area contributed by atoms with Crippen LogP contribution in [0.15, 0.2) is 12.2 Å². The Morgan fingerprint density at radius 3 is 2.86 bits per heavy atom. The number of aliphatic carboxylic acids is 1. The zero-order valence-corrected chi connectivity index (χ0v) is 8.65. The van der Waals surface area contributed by atoms with Crippen LogP contribution in [0.5, 0.6) is 0 Å². The molecule has 1 rings (SSSR count). The van der Waals surface area contributed by atoms with E-state index in [1.54, 1.807) is 6.08 Å². The third kappa shape index (κ3) is 4.39. The fraction of sp³-hybridized carbons (Fsp3) is 0.700. The fourth-order valence-corrected chi connectivity index (χ4v) is 1.59. The molecule has 1 saturated heterocycles. The van der Waals surface area contributed by atoms with Crippen molar-refractivity contribution in [2.75, 3.05) is 39.8 Å². The summed E-state index contributed by atoms with van der Waals surface area (Å²) in [6, 6.07) is 0. The van der Waals surface area contributed by atoms with Crippen LogP contribution in [0.25, 0.3) is 0 Å². The monoisotopic (exact) mass is 198 g/mol. The van der Waals surface area contributed by atoms with Gasteiger partial charge in [-0.3, -0.25) is 4.90 Å². The summed E-state index contributed by atoms with van der Waals surface area (Å²) < 4.78 is 0. The summed E-state index contributed by atoms with van der Waals surface area (Å²) in [6.45, 7) is 5.05. The van der Waals surface area contributed by atoms with Crippen LogP contribution < -0.4 is 0 Å². The molecule has 4 nitrogen and oxygen atoms in total. The lowest BCUT2D eigenvalue weighted by molar-refractivity contribution is -0.131. The Balaban J connectivity index is 2.27. The number of carbonyl (C=O) groups is 1. The van der Waals surface area contributed by atoms with E-state index in [0.29, 0.717) is 0 Å². The molecule has 14 heavy (non-hydrogen) atoms. The van der Waals surface area contributed by atoms with Crippen molar-refractivity contribution in [3.8, 4) is 0 Å². The van der Waals surface area contributed by atoms with Crippen molar-refractivity contribution in [3.05, 3.63) is 12.2 Å². The number of carboxylic acids is 1. The molecule has 1 aliphatic rings. The number of likely N-dealkylation sites (N-methyl/N-ethyl adjacent to an activating group) is 1. The van der Waals surface area contributed by atoms with Crippen molar-refractivity contribution in [1.82, 2.24) is 9.80 Å². The second kappa shape index (κ2) is 5.78. The molecule has 80 valence electrons. The van der Waals surface area contributed by atoms with Crippen molar-refractivity contribution >= 4 is 5.97 Å². The molecular weight excluding hydrogens is 180 g/mol. The van der Waals surface area contributed by atoms with Gasteiger partial charge in [-0.15, -0.1) is 0 Å². The molecule has 1 aliphatic heterocycles. The lowest BCUT2D eigenvalue weighted by atomic mass is 10.3. The van der Waals surface area contributed by atoms with Crippen molar-refractivity contribution in [2.24, 2.45) is 0 Å². The first kappa shape index (κ1) is 11.2. The Morgan fingerprint density at radius 2 is 2.14 bits per heavy atom. The molecule has 4 heteroatoms. The van der Waals surface area contributed by atoms with Crippen LogP contribution in [0.2, 0.25) is 0 Å². The van der Waals surface area contributed by atoms with E-state index in [-0.39, 0.29) is 0 Å². The van der Waals surface area contributed by atoms with E-state index in [9.17, 15) is 4.79 Å². The zero-order chi connectivity index (χ0) is 10.4. The zero-order valence-electron chi connectivity index (χ0n) is 8.65. The van der Waals surface area contributed by atoms with Crippen LogP contribution in [0.3, 0.4) is 0 Å². The average molecular weight is 198 g/mol. The van der Waals surface area contributed by atoms with Crippen LogP contribution in [0.4, 0.5) is 0 Å². The van der Waals surface area contributed by atoms with Gasteiger partial charge in [-0.2, -0.15) is 0 Å². The highest BCUT2D eigenvalue weighted by Gasteiger charge is 2.09. The van der Waals surface area contributed by atoms with Gasteiger partial charge in [-0.05, 0) is 26.6 Å². The molecule has 0 radical (unpaired) electrons. The predicted octanol–water partition coefficient (Wildman–Crippen LogP) is 0.265. The summed E-state index contributed by atoms with van der Waals surface area (Å²) in [5.74, 6) is -0.864. The van der Waals surface area contributed by atoms with Crippen LogP contribution in [-0.2, 0) is 4.79 Å². The van der Waals surface area contributed by atoms with Gasteiger partial charge in [-0.1, -0.05) is 6.08 Å². The molecule has 0 atom stereocenters. The van der Waals surface area contributed by atoms with Gasteiger partial charge in [0.15, 0.2) is 0 Å². The molecule has 0 aromatic heterocycles. The van der Waals surface area contributed by atoms with Crippen LogP contribution in [-0.4, -0.2) is 60.6 Å². The summed E-state index contributed by atoms with van der Waals surface area (Å²) in [7, 11) is 2.12. The van der Waals surface area contributed by atoms with Gasteiger partial charge in [0.1, 0.15) is 0 Å². The molecule has 0 saturated carbocycles. The smallest absolute Gasteiger partial charge is 0.328 e. The quantitative estimate of drug-likeness (QED) is 0.661. The Hall–Kier alpha value is -0.870. The SMILES string of the molecule is CN1CCCN(C/C=C/C(=O)O)CC1.